The minimum atomic E-state index is -0.997. The Kier molecular flexibility index (Phi) is 8.15. The molecule has 0 bridgehead atoms. The van der Waals surface area contributed by atoms with E-state index >= 15 is 0 Å². The molecule has 1 aliphatic heterocycles. The molecule has 2 aromatic rings. The number of aromatic nitrogens is 2. The van der Waals surface area contributed by atoms with E-state index in [0.29, 0.717) is 5.82 Å². The van der Waals surface area contributed by atoms with Crippen LogP contribution >= 0.6 is 0 Å². The summed E-state index contributed by atoms with van der Waals surface area (Å²) in [7, 11) is 1.41. The van der Waals surface area contributed by atoms with Crippen molar-refractivity contribution in [1.82, 2.24) is 19.8 Å². The van der Waals surface area contributed by atoms with Gasteiger partial charge in [0.05, 0.1) is 24.9 Å². The highest BCUT2D eigenvalue weighted by Gasteiger charge is 2.27. The molecule has 1 atom stereocenters. The molecule has 1 saturated heterocycles. The highest BCUT2D eigenvalue weighted by atomic mass is 19.1. The van der Waals surface area contributed by atoms with Gasteiger partial charge < -0.3 is 24.8 Å². The summed E-state index contributed by atoms with van der Waals surface area (Å²) in [6, 6.07) is 1.88. The van der Waals surface area contributed by atoms with Crippen LogP contribution in [0.4, 0.5) is 14.6 Å². The second-order valence-electron chi connectivity index (χ2n) is 8.98. The molecule has 0 aliphatic carbocycles. The molecule has 0 radical (unpaired) electrons. The SMILES string of the molecule is COC[C@H](NC(=O)Cc1cc(F)cc(F)c1)C(=O)Nc1cn(C(C)(C)CN2CCCC2)cn1. The Hall–Kier alpha value is -2.85. The van der Waals surface area contributed by atoms with Crippen LogP contribution in [0.25, 0.3) is 0 Å². The van der Waals surface area contributed by atoms with E-state index in [2.05, 4.69) is 34.4 Å². The van der Waals surface area contributed by atoms with E-state index in [1.807, 2.05) is 4.57 Å². The first-order valence-electron chi connectivity index (χ1n) is 11.0. The van der Waals surface area contributed by atoms with Crippen molar-refractivity contribution >= 4 is 17.6 Å². The van der Waals surface area contributed by atoms with Gasteiger partial charge >= 0.3 is 0 Å². The molecule has 0 unspecified atom stereocenters. The first-order chi connectivity index (χ1) is 15.7. The van der Waals surface area contributed by atoms with E-state index in [4.69, 9.17) is 4.74 Å². The number of amides is 2. The standard InChI is InChI=1S/C23H31F2N5O3/c1-23(2,14-29-6-4-5-7-29)30-12-20(26-15-30)28-22(32)19(13-33-3)27-21(31)10-16-8-17(24)11-18(25)9-16/h8-9,11-12,15,19H,4-7,10,13-14H2,1-3H3,(H,27,31)(H,28,32)/t19-/m0/s1. The number of halogens is 2. The molecule has 33 heavy (non-hydrogen) atoms. The summed E-state index contributed by atoms with van der Waals surface area (Å²) in [5, 5.41) is 5.25. The predicted octanol–water partition coefficient (Wildman–Crippen LogP) is 2.30. The van der Waals surface area contributed by atoms with E-state index in [1.54, 1.807) is 12.5 Å². The Balaban J connectivity index is 1.60. The first-order valence-corrected chi connectivity index (χ1v) is 11.0. The topological polar surface area (TPSA) is 88.5 Å². The largest absolute Gasteiger partial charge is 0.382 e. The number of benzene rings is 1. The molecule has 0 saturated carbocycles. The maximum atomic E-state index is 13.4. The van der Waals surface area contributed by atoms with Gasteiger partial charge in [0.25, 0.3) is 5.91 Å². The number of imidazole rings is 1. The summed E-state index contributed by atoms with van der Waals surface area (Å²) in [5.41, 5.74) is -0.0405. The predicted molar refractivity (Wildman–Crippen MR) is 120 cm³/mol. The van der Waals surface area contributed by atoms with Gasteiger partial charge in [0, 0.05) is 25.9 Å². The van der Waals surface area contributed by atoms with Crippen LogP contribution in [-0.4, -0.2) is 65.7 Å². The molecule has 1 aromatic carbocycles. The number of rotatable bonds is 10. The number of anilines is 1. The number of ether oxygens (including phenoxy) is 1. The fourth-order valence-electron chi connectivity index (χ4n) is 3.99. The van der Waals surface area contributed by atoms with E-state index in [-0.39, 0.29) is 24.1 Å². The highest BCUT2D eigenvalue weighted by Crippen LogP contribution is 2.21. The zero-order chi connectivity index (χ0) is 24.0. The van der Waals surface area contributed by atoms with Crippen molar-refractivity contribution < 1.29 is 23.1 Å². The summed E-state index contributed by atoms with van der Waals surface area (Å²) in [5.74, 6) is -2.25. The smallest absolute Gasteiger partial charge is 0.250 e. The Bertz CT molecular complexity index is 953. The molecule has 2 N–H and O–H groups in total. The molecule has 1 aliphatic rings. The van der Waals surface area contributed by atoms with Gasteiger partial charge in [0.15, 0.2) is 5.82 Å². The Labute approximate surface area is 192 Å². The van der Waals surface area contributed by atoms with Crippen LogP contribution in [0.1, 0.15) is 32.3 Å². The van der Waals surface area contributed by atoms with Crippen molar-refractivity contribution in [1.29, 1.82) is 0 Å². The van der Waals surface area contributed by atoms with E-state index in [0.717, 1.165) is 37.8 Å². The zero-order valence-corrected chi connectivity index (χ0v) is 19.2. The quantitative estimate of drug-likeness (QED) is 0.565. The minimum absolute atomic E-state index is 0.0732. The summed E-state index contributed by atoms with van der Waals surface area (Å²) >= 11 is 0. The van der Waals surface area contributed by atoms with Crippen molar-refractivity contribution in [2.75, 3.05) is 38.7 Å². The maximum absolute atomic E-state index is 13.4. The Morgan fingerprint density at radius 2 is 1.85 bits per heavy atom. The monoisotopic (exact) mass is 463 g/mol. The lowest BCUT2D eigenvalue weighted by atomic mass is 10.1. The van der Waals surface area contributed by atoms with E-state index in [9.17, 15) is 18.4 Å². The average molecular weight is 464 g/mol. The van der Waals surface area contributed by atoms with Gasteiger partial charge in [-0.1, -0.05) is 0 Å². The van der Waals surface area contributed by atoms with Gasteiger partial charge in [-0.2, -0.15) is 0 Å². The fraction of sp³-hybridized carbons (Fsp3) is 0.522. The highest BCUT2D eigenvalue weighted by molar-refractivity contribution is 5.96. The van der Waals surface area contributed by atoms with Crippen LogP contribution in [-0.2, 0) is 26.3 Å². The lowest BCUT2D eigenvalue weighted by Gasteiger charge is -2.31. The second kappa shape index (κ2) is 10.8. The molecule has 2 heterocycles. The van der Waals surface area contributed by atoms with Crippen LogP contribution in [0, 0.1) is 11.6 Å². The van der Waals surface area contributed by atoms with Gasteiger partial charge in [-0.15, -0.1) is 0 Å². The summed E-state index contributed by atoms with van der Waals surface area (Å²) in [4.78, 5) is 31.8. The van der Waals surface area contributed by atoms with Crippen LogP contribution in [0.15, 0.2) is 30.7 Å². The molecule has 2 amide bonds. The normalized spacial score (nSPS) is 15.4. The van der Waals surface area contributed by atoms with Gasteiger partial charge in [-0.25, -0.2) is 13.8 Å². The minimum Gasteiger partial charge on any atom is -0.382 e. The molecule has 10 heteroatoms. The molecular formula is C23H31F2N5O3. The number of likely N-dealkylation sites (tertiary alicyclic amines) is 1. The second-order valence-corrected chi connectivity index (χ2v) is 8.98. The van der Waals surface area contributed by atoms with Crippen molar-refractivity contribution in [2.45, 2.75) is 44.7 Å². The van der Waals surface area contributed by atoms with Gasteiger partial charge in [0.2, 0.25) is 5.91 Å². The Morgan fingerprint density at radius 3 is 2.48 bits per heavy atom. The van der Waals surface area contributed by atoms with E-state index in [1.165, 1.54) is 20.0 Å². The van der Waals surface area contributed by atoms with Crippen LogP contribution in [0.5, 0.6) is 0 Å². The summed E-state index contributed by atoms with van der Waals surface area (Å²) in [6.07, 6.45) is 5.58. The van der Waals surface area contributed by atoms with Gasteiger partial charge in [-0.05, 0) is 57.5 Å². The fourth-order valence-corrected chi connectivity index (χ4v) is 3.99. The van der Waals surface area contributed by atoms with Crippen LogP contribution in [0.3, 0.4) is 0 Å². The van der Waals surface area contributed by atoms with Crippen molar-refractivity contribution in [3.8, 4) is 0 Å². The van der Waals surface area contributed by atoms with Crippen LogP contribution < -0.4 is 10.6 Å². The average Bonchev–Trinajstić information content (AvgIpc) is 3.39. The van der Waals surface area contributed by atoms with Crippen molar-refractivity contribution in [2.24, 2.45) is 0 Å². The van der Waals surface area contributed by atoms with Gasteiger partial charge in [0.1, 0.15) is 17.7 Å². The Morgan fingerprint density at radius 1 is 1.18 bits per heavy atom. The molecule has 1 fully saturated rings. The van der Waals surface area contributed by atoms with Crippen molar-refractivity contribution in [3.05, 3.63) is 47.9 Å². The first kappa shape index (κ1) is 24.8. The number of carbonyl (C=O) groups is 2. The van der Waals surface area contributed by atoms with Gasteiger partial charge in [-0.3, -0.25) is 9.59 Å². The van der Waals surface area contributed by atoms with E-state index < -0.39 is 29.5 Å². The molecular weight excluding hydrogens is 432 g/mol. The molecule has 0 spiro atoms. The number of methoxy groups -OCH3 is 1. The summed E-state index contributed by atoms with van der Waals surface area (Å²) < 4.78 is 33.7. The molecule has 8 nitrogen and oxygen atoms in total. The van der Waals surface area contributed by atoms with Crippen LogP contribution in [0.2, 0.25) is 0 Å². The lowest BCUT2D eigenvalue weighted by Crippen LogP contribution is -2.47. The summed E-state index contributed by atoms with van der Waals surface area (Å²) in [6.45, 7) is 7.20. The third-order valence-electron chi connectivity index (χ3n) is 5.61. The molecule has 1 aromatic heterocycles. The zero-order valence-electron chi connectivity index (χ0n) is 19.2. The third kappa shape index (κ3) is 7.06. The number of hydrogen-bond donors (Lipinski definition) is 2. The number of hydrogen-bond acceptors (Lipinski definition) is 5. The van der Waals surface area contributed by atoms with Crippen molar-refractivity contribution in [3.63, 3.8) is 0 Å². The molecule has 3 rings (SSSR count). The maximum Gasteiger partial charge on any atom is 0.250 e. The number of carbonyl (C=O) groups excluding carboxylic acids is 2. The number of nitrogens with one attached hydrogen (secondary N) is 2. The molecule has 180 valence electrons. The third-order valence-corrected chi connectivity index (χ3v) is 5.61. The lowest BCUT2D eigenvalue weighted by molar-refractivity contribution is -0.127. The number of nitrogens with zero attached hydrogens (tertiary/aromatic N) is 3.